The second-order valence-corrected chi connectivity index (χ2v) is 4.76. The SMILES string of the molecule is CNC1CCCCC1Oc1nccc(C)c1C#N. The minimum Gasteiger partial charge on any atom is -0.472 e. The summed E-state index contributed by atoms with van der Waals surface area (Å²) in [7, 11) is 1.96. The molecule has 1 saturated carbocycles. The van der Waals surface area contributed by atoms with Crippen molar-refractivity contribution in [2.45, 2.75) is 44.8 Å². The molecule has 4 heteroatoms. The molecule has 96 valence electrons. The number of aromatic nitrogens is 1. The van der Waals surface area contributed by atoms with Gasteiger partial charge in [-0.2, -0.15) is 5.26 Å². The lowest BCUT2D eigenvalue weighted by atomic mass is 9.92. The summed E-state index contributed by atoms with van der Waals surface area (Å²) in [5.74, 6) is 0.477. The van der Waals surface area contributed by atoms with Gasteiger partial charge in [-0.3, -0.25) is 0 Å². The van der Waals surface area contributed by atoms with E-state index < -0.39 is 0 Å². The maximum absolute atomic E-state index is 9.17. The summed E-state index contributed by atoms with van der Waals surface area (Å²) in [6.07, 6.45) is 6.36. The summed E-state index contributed by atoms with van der Waals surface area (Å²) in [6, 6.07) is 4.37. The van der Waals surface area contributed by atoms with Gasteiger partial charge in [-0.05, 0) is 44.9 Å². The van der Waals surface area contributed by atoms with Crippen molar-refractivity contribution in [3.63, 3.8) is 0 Å². The van der Waals surface area contributed by atoms with E-state index in [0.717, 1.165) is 18.4 Å². The Kier molecular flexibility index (Phi) is 4.16. The molecule has 0 bridgehead atoms. The van der Waals surface area contributed by atoms with Gasteiger partial charge in [-0.1, -0.05) is 6.42 Å². The Balaban J connectivity index is 2.18. The highest BCUT2D eigenvalue weighted by Crippen LogP contribution is 2.25. The molecule has 0 aliphatic heterocycles. The quantitative estimate of drug-likeness (QED) is 0.886. The fraction of sp³-hybridized carbons (Fsp3) is 0.571. The van der Waals surface area contributed by atoms with E-state index in [9.17, 15) is 0 Å². The molecule has 1 aromatic heterocycles. The van der Waals surface area contributed by atoms with E-state index in [-0.39, 0.29) is 6.10 Å². The van der Waals surface area contributed by atoms with Crippen molar-refractivity contribution in [3.8, 4) is 11.9 Å². The minimum atomic E-state index is 0.116. The number of likely N-dealkylation sites (N-methyl/N-ethyl adjacent to an activating group) is 1. The molecule has 1 N–H and O–H groups in total. The van der Waals surface area contributed by atoms with Crippen molar-refractivity contribution in [1.82, 2.24) is 10.3 Å². The predicted molar refractivity (Wildman–Crippen MR) is 69.4 cm³/mol. The molecular formula is C14H19N3O. The van der Waals surface area contributed by atoms with Gasteiger partial charge in [0.25, 0.3) is 0 Å². The van der Waals surface area contributed by atoms with Gasteiger partial charge >= 0.3 is 0 Å². The molecule has 1 fully saturated rings. The normalized spacial score (nSPS) is 23.4. The van der Waals surface area contributed by atoms with Crippen LogP contribution in [0.5, 0.6) is 5.88 Å². The van der Waals surface area contributed by atoms with E-state index in [0.29, 0.717) is 17.5 Å². The summed E-state index contributed by atoms with van der Waals surface area (Å²) >= 11 is 0. The smallest absolute Gasteiger partial charge is 0.232 e. The van der Waals surface area contributed by atoms with Gasteiger partial charge in [0, 0.05) is 12.2 Å². The lowest BCUT2D eigenvalue weighted by molar-refractivity contribution is 0.112. The molecule has 0 aromatic carbocycles. The number of ether oxygens (including phenoxy) is 1. The van der Waals surface area contributed by atoms with Crippen LogP contribution in [0.2, 0.25) is 0 Å². The Morgan fingerprint density at radius 3 is 2.94 bits per heavy atom. The van der Waals surface area contributed by atoms with Gasteiger partial charge in [-0.25, -0.2) is 4.98 Å². The predicted octanol–water partition coefficient (Wildman–Crippen LogP) is 2.17. The average molecular weight is 245 g/mol. The number of nitriles is 1. The third kappa shape index (κ3) is 2.62. The number of hydrogen-bond donors (Lipinski definition) is 1. The van der Waals surface area contributed by atoms with Crippen LogP contribution in [0.25, 0.3) is 0 Å². The number of rotatable bonds is 3. The number of pyridine rings is 1. The van der Waals surface area contributed by atoms with Crippen LogP contribution in [-0.2, 0) is 0 Å². The Morgan fingerprint density at radius 2 is 2.22 bits per heavy atom. The Morgan fingerprint density at radius 1 is 1.44 bits per heavy atom. The van der Waals surface area contributed by atoms with E-state index in [1.165, 1.54) is 12.8 Å². The van der Waals surface area contributed by atoms with Crippen molar-refractivity contribution >= 4 is 0 Å². The Bertz CT molecular complexity index is 453. The average Bonchev–Trinajstić information content (AvgIpc) is 2.40. The first kappa shape index (κ1) is 12.8. The van der Waals surface area contributed by atoms with Crippen molar-refractivity contribution in [3.05, 3.63) is 23.4 Å². The highest BCUT2D eigenvalue weighted by molar-refractivity contribution is 5.43. The molecule has 2 unspecified atom stereocenters. The number of nitrogens with one attached hydrogen (secondary N) is 1. The van der Waals surface area contributed by atoms with E-state index >= 15 is 0 Å². The maximum atomic E-state index is 9.17. The fourth-order valence-corrected chi connectivity index (χ4v) is 2.47. The molecule has 0 saturated heterocycles. The highest BCUT2D eigenvalue weighted by Gasteiger charge is 2.26. The fourth-order valence-electron chi connectivity index (χ4n) is 2.47. The number of nitrogens with zero attached hydrogens (tertiary/aromatic N) is 2. The van der Waals surface area contributed by atoms with Crippen LogP contribution in [0.1, 0.15) is 36.8 Å². The van der Waals surface area contributed by atoms with Crippen LogP contribution >= 0.6 is 0 Å². The monoisotopic (exact) mass is 245 g/mol. The first-order chi connectivity index (χ1) is 8.76. The largest absolute Gasteiger partial charge is 0.472 e. The first-order valence-electron chi connectivity index (χ1n) is 6.46. The summed E-state index contributed by atoms with van der Waals surface area (Å²) < 4.78 is 5.97. The van der Waals surface area contributed by atoms with Crippen molar-refractivity contribution in [2.24, 2.45) is 0 Å². The first-order valence-corrected chi connectivity index (χ1v) is 6.46. The molecule has 18 heavy (non-hydrogen) atoms. The van der Waals surface area contributed by atoms with E-state index in [4.69, 9.17) is 10.00 Å². The maximum Gasteiger partial charge on any atom is 0.232 e. The van der Waals surface area contributed by atoms with Crippen molar-refractivity contribution < 1.29 is 4.74 Å². The van der Waals surface area contributed by atoms with E-state index in [1.807, 2.05) is 20.0 Å². The van der Waals surface area contributed by atoms with E-state index in [1.54, 1.807) is 6.20 Å². The Hall–Kier alpha value is -1.60. The van der Waals surface area contributed by atoms with Crippen LogP contribution < -0.4 is 10.1 Å². The Labute approximate surface area is 108 Å². The molecular weight excluding hydrogens is 226 g/mol. The minimum absolute atomic E-state index is 0.116. The molecule has 1 aliphatic carbocycles. The molecule has 4 nitrogen and oxygen atoms in total. The molecule has 2 rings (SSSR count). The third-order valence-corrected chi connectivity index (χ3v) is 3.57. The van der Waals surface area contributed by atoms with Crippen LogP contribution in [-0.4, -0.2) is 24.2 Å². The number of hydrogen-bond acceptors (Lipinski definition) is 4. The summed E-state index contributed by atoms with van der Waals surface area (Å²) in [4.78, 5) is 4.20. The van der Waals surface area contributed by atoms with Crippen molar-refractivity contribution in [2.75, 3.05) is 7.05 Å². The second kappa shape index (κ2) is 5.83. The molecule has 0 amide bonds. The van der Waals surface area contributed by atoms with Gasteiger partial charge in [0.05, 0.1) is 0 Å². The number of aryl methyl sites for hydroxylation is 1. The molecule has 1 aromatic rings. The molecule has 2 atom stereocenters. The third-order valence-electron chi connectivity index (χ3n) is 3.57. The summed E-state index contributed by atoms with van der Waals surface area (Å²) in [5, 5.41) is 12.5. The standard InChI is InChI=1S/C14H19N3O/c1-10-7-8-17-14(11(10)9-15)18-13-6-4-3-5-12(13)16-2/h7-8,12-13,16H,3-6H2,1-2H3. The summed E-state index contributed by atoms with van der Waals surface area (Å²) in [5.41, 5.74) is 1.47. The van der Waals surface area contributed by atoms with Gasteiger partial charge < -0.3 is 10.1 Å². The topological polar surface area (TPSA) is 57.9 Å². The van der Waals surface area contributed by atoms with Gasteiger partial charge in [-0.15, -0.1) is 0 Å². The zero-order valence-corrected chi connectivity index (χ0v) is 10.9. The molecule has 1 aliphatic rings. The second-order valence-electron chi connectivity index (χ2n) is 4.76. The van der Waals surface area contributed by atoms with E-state index in [2.05, 4.69) is 16.4 Å². The van der Waals surface area contributed by atoms with Gasteiger partial charge in [0.2, 0.25) is 5.88 Å². The zero-order valence-electron chi connectivity index (χ0n) is 10.9. The van der Waals surface area contributed by atoms with Crippen LogP contribution in [0, 0.1) is 18.3 Å². The highest BCUT2D eigenvalue weighted by atomic mass is 16.5. The molecule has 0 spiro atoms. The van der Waals surface area contributed by atoms with Crippen LogP contribution in [0.15, 0.2) is 12.3 Å². The summed E-state index contributed by atoms with van der Waals surface area (Å²) in [6.45, 7) is 1.91. The van der Waals surface area contributed by atoms with Crippen LogP contribution in [0.4, 0.5) is 0 Å². The van der Waals surface area contributed by atoms with Gasteiger partial charge in [0.1, 0.15) is 17.7 Å². The van der Waals surface area contributed by atoms with Gasteiger partial charge in [0.15, 0.2) is 0 Å². The van der Waals surface area contributed by atoms with Crippen molar-refractivity contribution in [1.29, 1.82) is 5.26 Å². The zero-order chi connectivity index (χ0) is 13.0. The lowest BCUT2D eigenvalue weighted by Crippen LogP contribution is -2.43. The lowest BCUT2D eigenvalue weighted by Gasteiger charge is -2.31. The van der Waals surface area contributed by atoms with Crippen LogP contribution in [0.3, 0.4) is 0 Å². The molecule has 1 heterocycles. The molecule has 0 radical (unpaired) electrons.